The minimum Gasteiger partial charge on any atom is -0.495 e. The van der Waals surface area contributed by atoms with Gasteiger partial charge in [-0.3, -0.25) is 9.52 Å². The third-order valence-electron chi connectivity index (χ3n) is 4.92. The maximum Gasteiger partial charge on any atom is 0.262 e. The zero-order chi connectivity index (χ0) is 20.3. The van der Waals surface area contributed by atoms with Gasteiger partial charge in [-0.05, 0) is 54.7 Å². The van der Waals surface area contributed by atoms with Crippen LogP contribution in [0.25, 0.3) is 0 Å². The van der Waals surface area contributed by atoms with E-state index in [1.165, 1.54) is 19.2 Å². The molecular weight excluding hydrogens is 376 g/mol. The fourth-order valence-electron chi connectivity index (χ4n) is 3.72. The molecule has 2 atom stereocenters. The number of ether oxygens (including phenoxy) is 1. The number of piperidine rings is 1. The van der Waals surface area contributed by atoms with Crippen LogP contribution in [0.4, 0.5) is 5.69 Å². The number of carbonyl (C=O) groups excluding carboxylic acids is 1. The Morgan fingerprint density at radius 2 is 1.64 bits per heavy atom. The number of hydrogen-bond acceptors (Lipinski definition) is 4. The summed E-state index contributed by atoms with van der Waals surface area (Å²) in [5.41, 5.74) is 0.860. The van der Waals surface area contributed by atoms with Crippen LogP contribution in [0.3, 0.4) is 0 Å². The van der Waals surface area contributed by atoms with E-state index < -0.39 is 10.0 Å². The lowest BCUT2D eigenvalue weighted by atomic mass is 9.91. The third-order valence-corrected chi connectivity index (χ3v) is 6.30. The Bertz CT molecular complexity index is 931. The topological polar surface area (TPSA) is 75.7 Å². The van der Waals surface area contributed by atoms with Crippen LogP contribution >= 0.6 is 0 Å². The van der Waals surface area contributed by atoms with E-state index >= 15 is 0 Å². The molecular formula is C21H26N2O4S. The molecule has 3 rings (SSSR count). The van der Waals surface area contributed by atoms with E-state index in [0.29, 0.717) is 28.8 Å². The molecule has 6 nitrogen and oxygen atoms in total. The van der Waals surface area contributed by atoms with E-state index in [4.69, 9.17) is 4.74 Å². The lowest BCUT2D eigenvalue weighted by Gasteiger charge is -2.35. The number of likely N-dealkylation sites (tertiary alicyclic amines) is 1. The lowest BCUT2D eigenvalue weighted by molar-refractivity contribution is 0.0623. The number of amides is 1. The summed E-state index contributed by atoms with van der Waals surface area (Å²) in [4.78, 5) is 14.7. The van der Waals surface area contributed by atoms with Crippen molar-refractivity contribution in [2.45, 2.75) is 25.2 Å². The molecule has 0 unspecified atom stereocenters. The fourth-order valence-corrected chi connectivity index (χ4v) is 4.79. The highest BCUT2D eigenvalue weighted by molar-refractivity contribution is 7.92. The van der Waals surface area contributed by atoms with Crippen molar-refractivity contribution < 1.29 is 17.9 Å². The second-order valence-electron chi connectivity index (χ2n) is 7.49. The molecule has 2 aromatic rings. The van der Waals surface area contributed by atoms with E-state index in [2.05, 4.69) is 18.6 Å². The summed E-state index contributed by atoms with van der Waals surface area (Å²) in [7, 11) is -2.30. The van der Waals surface area contributed by atoms with Gasteiger partial charge in [0.2, 0.25) is 0 Å². The molecule has 1 aliphatic heterocycles. The van der Waals surface area contributed by atoms with Gasteiger partial charge in [-0.2, -0.15) is 0 Å². The van der Waals surface area contributed by atoms with Gasteiger partial charge in [-0.25, -0.2) is 8.42 Å². The highest BCUT2D eigenvalue weighted by Gasteiger charge is 2.26. The van der Waals surface area contributed by atoms with Crippen molar-refractivity contribution in [2.24, 2.45) is 11.8 Å². The minimum atomic E-state index is -3.79. The Balaban J connectivity index is 1.77. The number of nitrogens with one attached hydrogen (secondary N) is 1. The summed E-state index contributed by atoms with van der Waals surface area (Å²) < 4.78 is 33.1. The number of nitrogens with zero attached hydrogens (tertiary/aromatic N) is 1. The van der Waals surface area contributed by atoms with Crippen LogP contribution in [-0.2, 0) is 10.0 Å². The summed E-state index contributed by atoms with van der Waals surface area (Å²) in [5, 5.41) is 0. The molecule has 0 saturated carbocycles. The van der Waals surface area contributed by atoms with Crippen molar-refractivity contribution in [3.63, 3.8) is 0 Å². The zero-order valence-corrected chi connectivity index (χ0v) is 17.2. The second kappa shape index (κ2) is 8.22. The lowest BCUT2D eigenvalue weighted by Crippen LogP contribution is -2.42. The predicted octanol–water partition coefficient (Wildman–Crippen LogP) is 3.61. The molecule has 2 aromatic carbocycles. The normalized spacial score (nSPS) is 19.9. The molecule has 1 fully saturated rings. The number of carbonyl (C=O) groups is 1. The van der Waals surface area contributed by atoms with Crippen LogP contribution in [0.15, 0.2) is 53.4 Å². The highest BCUT2D eigenvalue weighted by atomic mass is 32.2. The average molecular weight is 403 g/mol. The molecule has 28 heavy (non-hydrogen) atoms. The van der Waals surface area contributed by atoms with E-state index in [-0.39, 0.29) is 10.8 Å². The molecule has 7 heteroatoms. The number of para-hydroxylation sites is 2. The predicted molar refractivity (Wildman–Crippen MR) is 109 cm³/mol. The highest BCUT2D eigenvalue weighted by Crippen LogP contribution is 2.27. The Morgan fingerprint density at radius 1 is 1.04 bits per heavy atom. The first kappa shape index (κ1) is 20.2. The van der Waals surface area contributed by atoms with Crippen LogP contribution in [-0.4, -0.2) is 39.4 Å². The quantitative estimate of drug-likeness (QED) is 0.829. The molecule has 1 aliphatic rings. The van der Waals surface area contributed by atoms with Gasteiger partial charge in [0.25, 0.3) is 15.9 Å². The van der Waals surface area contributed by atoms with Crippen molar-refractivity contribution in [1.29, 1.82) is 0 Å². The molecule has 1 saturated heterocycles. The Hall–Kier alpha value is -2.54. The van der Waals surface area contributed by atoms with Crippen LogP contribution < -0.4 is 9.46 Å². The monoisotopic (exact) mass is 402 g/mol. The maximum atomic E-state index is 12.8. The van der Waals surface area contributed by atoms with Crippen molar-refractivity contribution in [1.82, 2.24) is 4.90 Å². The smallest absolute Gasteiger partial charge is 0.262 e. The SMILES string of the molecule is COc1ccccc1NS(=O)(=O)c1ccc(C(=O)N2C[C@@H](C)C[C@H](C)C2)cc1. The average Bonchev–Trinajstić information content (AvgIpc) is 2.67. The number of rotatable bonds is 5. The van der Waals surface area contributed by atoms with Crippen LogP contribution in [0, 0.1) is 11.8 Å². The third kappa shape index (κ3) is 4.47. The summed E-state index contributed by atoms with van der Waals surface area (Å²) in [6.07, 6.45) is 1.12. The molecule has 1 N–H and O–H groups in total. The van der Waals surface area contributed by atoms with Gasteiger partial charge in [0, 0.05) is 18.7 Å². The number of methoxy groups -OCH3 is 1. The van der Waals surface area contributed by atoms with Gasteiger partial charge in [0.1, 0.15) is 5.75 Å². The Kier molecular flexibility index (Phi) is 5.93. The van der Waals surface area contributed by atoms with Gasteiger partial charge in [0.15, 0.2) is 0 Å². The molecule has 1 amide bonds. The molecule has 0 aliphatic carbocycles. The van der Waals surface area contributed by atoms with Gasteiger partial charge in [-0.1, -0.05) is 26.0 Å². The molecule has 0 spiro atoms. The summed E-state index contributed by atoms with van der Waals surface area (Å²) >= 11 is 0. The first-order valence-electron chi connectivity index (χ1n) is 9.35. The van der Waals surface area contributed by atoms with Crippen molar-refractivity contribution in [3.05, 3.63) is 54.1 Å². The largest absolute Gasteiger partial charge is 0.495 e. The molecule has 0 bridgehead atoms. The molecule has 150 valence electrons. The first-order chi connectivity index (χ1) is 13.3. The number of hydrogen-bond donors (Lipinski definition) is 1. The summed E-state index contributed by atoms with van der Waals surface area (Å²) in [6, 6.07) is 12.9. The number of benzene rings is 2. The number of sulfonamides is 1. The Morgan fingerprint density at radius 3 is 2.25 bits per heavy atom. The van der Waals surface area contributed by atoms with E-state index in [1.807, 2.05) is 4.90 Å². The summed E-state index contributed by atoms with van der Waals surface area (Å²) in [6.45, 7) is 5.77. The second-order valence-corrected chi connectivity index (χ2v) is 9.17. The fraction of sp³-hybridized carbons (Fsp3) is 0.381. The van der Waals surface area contributed by atoms with Crippen LogP contribution in [0.5, 0.6) is 5.75 Å². The van der Waals surface area contributed by atoms with Crippen LogP contribution in [0.2, 0.25) is 0 Å². The van der Waals surface area contributed by atoms with Gasteiger partial charge in [0.05, 0.1) is 17.7 Å². The van der Waals surface area contributed by atoms with Gasteiger partial charge in [-0.15, -0.1) is 0 Å². The standard InChI is InChI=1S/C21H26N2O4S/c1-15-12-16(2)14-23(13-15)21(24)17-8-10-18(11-9-17)28(25,26)22-19-6-4-5-7-20(19)27-3/h4-11,15-16,22H,12-14H2,1-3H3/t15-,16-/m0/s1. The summed E-state index contributed by atoms with van der Waals surface area (Å²) in [5.74, 6) is 1.32. The molecule has 1 heterocycles. The van der Waals surface area contributed by atoms with Crippen LogP contribution in [0.1, 0.15) is 30.6 Å². The Labute approximate surface area is 166 Å². The van der Waals surface area contributed by atoms with Gasteiger partial charge >= 0.3 is 0 Å². The minimum absolute atomic E-state index is 0.0555. The first-order valence-corrected chi connectivity index (χ1v) is 10.8. The van der Waals surface area contributed by atoms with E-state index in [1.54, 1.807) is 36.4 Å². The van der Waals surface area contributed by atoms with E-state index in [0.717, 1.165) is 19.5 Å². The molecule has 0 aromatic heterocycles. The van der Waals surface area contributed by atoms with E-state index in [9.17, 15) is 13.2 Å². The van der Waals surface area contributed by atoms with Crippen molar-refractivity contribution in [3.8, 4) is 5.75 Å². The number of anilines is 1. The maximum absolute atomic E-state index is 12.8. The van der Waals surface area contributed by atoms with Crippen molar-refractivity contribution in [2.75, 3.05) is 24.9 Å². The molecule has 0 radical (unpaired) electrons. The zero-order valence-electron chi connectivity index (χ0n) is 16.4. The van der Waals surface area contributed by atoms with Crippen molar-refractivity contribution >= 4 is 21.6 Å². The van der Waals surface area contributed by atoms with Gasteiger partial charge < -0.3 is 9.64 Å².